The Morgan fingerprint density at radius 1 is 1.00 bits per heavy atom. The van der Waals surface area contributed by atoms with Crippen LogP contribution in [0, 0.1) is 12.7 Å². The summed E-state index contributed by atoms with van der Waals surface area (Å²) in [6, 6.07) is 16.5. The fourth-order valence-corrected chi connectivity index (χ4v) is 4.21. The van der Waals surface area contributed by atoms with Crippen LogP contribution in [0.1, 0.15) is 16.7 Å². The molecule has 0 unspecified atom stereocenters. The number of anilines is 1. The molecular weight excluding hydrogens is 351 g/mol. The number of sulfonamides is 1. The average molecular weight is 370 g/mol. The van der Waals surface area contributed by atoms with E-state index in [9.17, 15) is 12.8 Å². The Labute approximate surface area is 153 Å². The number of pyridine rings is 1. The molecule has 0 amide bonds. The zero-order valence-corrected chi connectivity index (χ0v) is 15.2. The van der Waals surface area contributed by atoms with Crippen molar-refractivity contribution in [1.82, 2.24) is 4.98 Å². The molecule has 1 aromatic heterocycles. The number of rotatable bonds is 6. The topological polar surface area (TPSA) is 50.3 Å². The summed E-state index contributed by atoms with van der Waals surface area (Å²) in [5.41, 5.74) is 2.89. The summed E-state index contributed by atoms with van der Waals surface area (Å²) in [6.45, 7) is 2.10. The number of hydrogen-bond acceptors (Lipinski definition) is 3. The van der Waals surface area contributed by atoms with Crippen molar-refractivity contribution in [2.24, 2.45) is 0 Å². The van der Waals surface area contributed by atoms with Gasteiger partial charge in [0.1, 0.15) is 5.82 Å². The van der Waals surface area contributed by atoms with E-state index >= 15 is 0 Å². The molecule has 0 aliphatic heterocycles. The maximum atomic E-state index is 13.1. The van der Waals surface area contributed by atoms with Gasteiger partial charge in [0.25, 0.3) is 0 Å². The normalized spacial score (nSPS) is 11.3. The molecule has 4 nitrogen and oxygen atoms in total. The summed E-state index contributed by atoms with van der Waals surface area (Å²) in [4.78, 5) is 4.06. The van der Waals surface area contributed by atoms with E-state index in [4.69, 9.17) is 0 Å². The van der Waals surface area contributed by atoms with Gasteiger partial charge in [0.2, 0.25) is 10.0 Å². The van der Waals surface area contributed by atoms with E-state index in [-0.39, 0.29) is 12.3 Å². The van der Waals surface area contributed by atoms with Crippen molar-refractivity contribution in [3.63, 3.8) is 0 Å². The number of aromatic nitrogens is 1. The first-order valence-electron chi connectivity index (χ1n) is 8.14. The molecule has 1 heterocycles. The minimum absolute atomic E-state index is 0.181. The summed E-state index contributed by atoms with van der Waals surface area (Å²) in [5, 5.41) is 0. The molecule has 134 valence electrons. The number of nitrogens with zero attached hydrogens (tertiary/aromatic N) is 2. The third kappa shape index (κ3) is 4.46. The van der Waals surface area contributed by atoms with Crippen LogP contribution in [-0.4, -0.2) is 13.4 Å². The van der Waals surface area contributed by atoms with E-state index in [1.54, 1.807) is 24.5 Å². The molecule has 0 saturated carbocycles. The molecule has 0 aliphatic rings. The van der Waals surface area contributed by atoms with Crippen LogP contribution in [-0.2, 0) is 22.3 Å². The third-order valence-electron chi connectivity index (χ3n) is 3.94. The van der Waals surface area contributed by atoms with Gasteiger partial charge in [-0.05, 0) is 53.9 Å². The van der Waals surface area contributed by atoms with Gasteiger partial charge in [-0.2, -0.15) is 0 Å². The smallest absolute Gasteiger partial charge is 0.239 e. The molecule has 0 radical (unpaired) electrons. The summed E-state index contributed by atoms with van der Waals surface area (Å²) >= 11 is 0. The van der Waals surface area contributed by atoms with Crippen molar-refractivity contribution in [2.75, 3.05) is 4.31 Å². The Bertz CT molecular complexity index is 974. The van der Waals surface area contributed by atoms with Crippen LogP contribution in [0.5, 0.6) is 0 Å². The van der Waals surface area contributed by atoms with Crippen molar-refractivity contribution in [3.8, 4) is 0 Å². The Morgan fingerprint density at radius 2 is 1.77 bits per heavy atom. The molecule has 0 atom stereocenters. The lowest BCUT2D eigenvalue weighted by atomic mass is 10.2. The van der Waals surface area contributed by atoms with Crippen molar-refractivity contribution in [1.29, 1.82) is 0 Å². The molecule has 2 aromatic carbocycles. The maximum Gasteiger partial charge on any atom is 0.239 e. The van der Waals surface area contributed by atoms with Gasteiger partial charge in [-0.3, -0.25) is 9.29 Å². The van der Waals surface area contributed by atoms with Gasteiger partial charge in [-0.1, -0.05) is 30.3 Å². The van der Waals surface area contributed by atoms with Crippen LogP contribution >= 0.6 is 0 Å². The summed E-state index contributed by atoms with van der Waals surface area (Å²) in [6.07, 6.45) is 3.30. The van der Waals surface area contributed by atoms with Gasteiger partial charge in [-0.25, -0.2) is 12.8 Å². The predicted octanol–water partition coefficient (Wildman–Crippen LogP) is 4.07. The van der Waals surface area contributed by atoms with Crippen LogP contribution in [0.15, 0.2) is 73.1 Å². The fourth-order valence-electron chi connectivity index (χ4n) is 2.66. The first kappa shape index (κ1) is 18.1. The minimum atomic E-state index is -3.67. The molecule has 0 spiro atoms. The monoisotopic (exact) mass is 370 g/mol. The number of halogens is 1. The molecule has 3 aromatic rings. The van der Waals surface area contributed by atoms with Crippen LogP contribution < -0.4 is 4.31 Å². The second-order valence-electron chi connectivity index (χ2n) is 6.09. The highest BCUT2D eigenvalue weighted by molar-refractivity contribution is 7.92. The Hall–Kier alpha value is -2.73. The molecule has 6 heteroatoms. The zero-order valence-electron chi connectivity index (χ0n) is 14.3. The van der Waals surface area contributed by atoms with Crippen LogP contribution in [0.3, 0.4) is 0 Å². The minimum Gasteiger partial charge on any atom is -0.265 e. The van der Waals surface area contributed by atoms with E-state index in [1.165, 1.54) is 28.6 Å². The Balaban J connectivity index is 1.96. The van der Waals surface area contributed by atoms with E-state index in [2.05, 4.69) is 4.98 Å². The van der Waals surface area contributed by atoms with Crippen molar-refractivity contribution in [2.45, 2.75) is 19.2 Å². The average Bonchev–Trinajstić information content (AvgIpc) is 2.62. The van der Waals surface area contributed by atoms with Crippen molar-refractivity contribution < 1.29 is 12.8 Å². The van der Waals surface area contributed by atoms with Gasteiger partial charge in [0, 0.05) is 12.4 Å². The van der Waals surface area contributed by atoms with Crippen LogP contribution in [0.4, 0.5) is 10.1 Å². The van der Waals surface area contributed by atoms with Crippen LogP contribution in [0.25, 0.3) is 0 Å². The largest absolute Gasteiger partial charge is 0.265 e. The van der Waals surface area contributed by atoms with Crippen molar-refractivity contribution in [3.05, 3.63) is 95.6 Å². The zero-order chi connectivity index (χ0) is 18.6. The maximum absolute atomic E-state index is 13.1. The van der Waals surface area contributed by atoms with Gasteiger partial charge < -0.3 is 0 Å². The van der Waals surface area contributed by atoms with Gasteiger partial charge in [0.15, 0.2) is 0 Å². The van der Waals surface area contributed by atoms with Crippen molar-refractivity contribution >= 4 is 15.7 Å². The first-order chi connectivity index (χ1) is 12.4. The van der Waals surface area contributed by atoms with Crippen LogP contribution in [0.2, 0.25) is 0 Å². The highest BCUT2D eigenvalue weighted by atomic mass is 32.2. The lowest BCUT2D eigenvalue weighted by molar-refractivity contribution is 0.589. The standard InChI is InChI=1S/C20H19FN2O2S/c1-16-4-2-6-20(12-16)23(14-18-5-3-11-22-13-18)26(24,25)15-17-7-9-19(21)10-8-17/h2-13H,14-15H2,1H3. The molecule has 0 aliphatic carbocycles. The van der Waals surface area contributed by atoms with Gasteiger partial charge >= 0.3 is 0 Å². The van der Waals surface area contributed by atoms with E-state index in [0.717, 1.165) is 11.1 Å². The van der Waals surface area contributed by atoms with E-state index < -0.39 is 15.8 Å². The van der Waals surface area contributed by atoms with Gasteiger partial charge in [0.05, 0.1) is 18.0 Å². The summed E-state index contributed by atoms with van der Waals surface area (Å²) in [7, 11) is -3.67. The molecule has 3 rings (SSSR count). The van der Waals surface area contributed by atoms with E-state index in [0.29, 0.717) is 11.3 Å². The first-order valence-corrected chi connectivity index (χ1v) is 9.75. The molecule has 0 bridgehead atoms. The van der Waals surface area contributed by atoms with E-state index in [1.807, 2.05) is 31.2 Å². The second kappa shape index (κ2) is 7.66. The third-order valence-corrected chi connectivity index (χ3v) is 5.65. The quantitative estimate of drug-likeness (QED) is 0.657. The summed E-state index contributed by atoms with van der Waals surface area (Å²) < 4.78 is 40.7. The fraction of sp³-hybridized carbons (Fsp3) is 0.150. The molecular formula is C20H19FN2O2S. The number of hydrogen-bond donors (Lipinski definition) is 0. The SMILES string of the molecule is Cc1cccc(N(Cc2cccnc2)S(=O)(=O)Cc2ccc(F)cc2)c1. The predicted molar refractivity (Wildman–Crippen MR) is 101 cm³/mol. The Kier molecular flexibility index (Phi) is 5.32. The molecule has 26 heavy (non-hydrogen) atoms. The molecule has 0 N–H and O–H groups in total. The number of aryl methyl sites for hydroxylation is 1. The van der Waals surface area contributed by atoms with Gasteiger partial charge in [-0.15, -0.1) is 0 Å². The lowest BCUT2D eigenvalue weighted by Crippen LogP contribution is -2.31. The molecule has 0 saturated heterocycles. The number of benzene rings is 2. The lowest BCUT2D eigenvalue weighted by Gasteiger charge is -2.25. The highest BCUT2D eigenvalue weighted by Gasteiger charge is 2.23. The second-order valence-corrected chi connectivity index (χ2v) is 7.98. The highest BCUT2D eigenvalue weighted by Crippen LogP contribution is 2.24. The Morgan fingerprint density at radius 3 is 2.42 bits per heavy atom. The summed E-state index contributed by atoms with van der Waals surface area (Å²) in [5.74, 6) is -0.598. The molecule has 0 fully saturated rings.